The maximum Gasteiger partial charge on any atom is 0.417 e. The fourth-order valence-electron chi connectivity index (χ4n) is 2.67. The second kappa shape index (κ2) is 5.80. The second-order valence-electron chi connectivity index (χ2n) is 6.13. The Labute approximate surface area is 131 Å². The highest BCUT2D eigenvalue weighted by Crippen LogP contribution is 2.48. The van der Waals surface area contributed by atoms with E-state index in [9.17, 15) is 23.2 Å². The Hall–Kier alpha value is -2.16. The molecule has 2 fully saturated rings. The summed E-state index contributed by atoms with van der Waals surface area (Å²) in [5, 5.41) is 9.24. The van der Waals surface area contributed by atoms with E-state index in [-0.39, 0.29) is 11.5 Å². The van der Waals surface area contributed by atoms with Crippen molar-refractivity contribution in [2.75, 3.05) is 0 Å². The van der Waals surface area contributed by atoms with E-state index in [1.54, 1.807) is 6.08 Å². The number of hydrogen-bond donors (Lipinski definition) is 0. The lowest BCUT2D eigenvalue weighted by Gasteiger charge is -2.10. The monoisotopic (exact) mass is 320 g/mol. The highest BCUT2D eigenvalue weighted by Gasteiger charge is 2.37. The van der Waals surface area contributed by atoms with Gasteiger partial charge in [-0.15, -0.1) is 0 Å². The van der Waals surface area contributed by atoms with E-state index in [2.05, 4.69) is 4.98 Å². The molecule has 1 heterocycles. The third kappa shape index (κ3) is 3.61. The fraction of sp³-hybridized carbons (Fsp3) is 0.471. The molecule has 120 valence electrons. The second-order valence-corrected chi connectivity index (χ2v) is 6.13. The first-order chi connectivity index (χ1) is 10.9. The van der Waals surface area contributed by atoms with Gasteiger partial charge in [0, 0.05) is 6.20 Å². The molecule has 0 bridgehead atoms. The zero-order valence-corrected chi connectivity index (χ0v) is 12.3. The predicted molar refractivity (Wildman–Crippen MR) is 76.1 cm³/mol. The van der Waals surface area contributed by atoms with Gasteiger partial charge in [-0.25, -0.2) is 0 Å². The van der Waals surface area contributed by atoms with Gasteiger partial charge in [0.1, 0.15) is 0 Å². The summed E-state index contributed by atoms with van der Waals surface area (Å²) in [5.74, 6) is -0.629. The molecule has 3 nitrogen and oxygen atoms in total. The molecule has 23 heavy (non-hydrogen) atoms. The van der Waals surface area contributed by atoms with Crippen LogP contribution < -0.4 is 0 Å². The van der Waals surface area contributed by atoms with E-state index in [4.69, 9.17) is 0 Å². The van der Waals surface area contributed by atoms with Crippen LogP contribution in [0.15, 0.2) is 30.0 Å². The van der Waals surface area contributed by atoms with Crippen molar-refractivity contribution in [3.8, 4) is 6.07 Å². The van der Waals surface area contributed by atoms with Gasteiger partial charge in [-0.05, 0) is 55.7 Å². The first-order valence-electron chi connectivity index (χ1n) is 7.58. The van der Waals surface area contributed by atoms with Crippen LogP contribution in [0.3, 0.4) is 0 Å². The van der Waals surface area contributed by atoms with Crippen LogP contribution in [0, 0.1) is 23.2 Å². The van der Waals surface area contributed by atoms with E-state index >= 15 is 0 Å². The molecule has 0 aromatic carbocycles. The lowest BCUT2D eigenvalue weighted by Crippen LogP contribution is -2.13. The van der Waals surface area contributed by atoms with Crippen molar-refractivity contribution in [2.45, 2.75) is 37.8 Å². The van der Waals surface area contributed by atoms with Crippen molar-refractivity contribution in [2.24, 2.45) is 11.8 Å². The van der Waals surface area contributed by atoms with Gasteiger partial charge in [0.05, 0.1) is 17.3 Å². The molecule has 0 radical (unpaired) electrons. The lowest BCUT2D eigenvalue weighted by atomic mass is 9.96. The Morgan fingerprint density at radius 1 is 1.26 bits per heavy atom. The number of pyridine rings is 1. The molecule has 2 aliphatic carbocycles. The SMILES string of the molecule is N#CC(C(=O)C=C(C1CC1)C1CC1)c1ccc(C(F)(F)F)cn1. The number of halogens is 3. The van der Waals surface area contributed by atoms with Crippen molar-refractivity contribution in [1.82, 2.24) is 4.98 Å². The van der Waals surface area contributed by atoms with Gasteiger partial charge in [0.2, 0.25) is 0 Å². The topological polar surface area (TPSA) is 53.8 Å². The Kier molecular flexibility index (Phi) is 3.97. The molecule has 1 aromatic rings. The molecule has 0 N–H and O–H groups in total. The molecule has 2 aliphatic rings. The van der Waals surface area contributed by atoms with Gasteiger partial charge in [0.15, 0.2) is 11.7 Å². The smallest absolute Gasteiger partial charge is 0.293 e. The number of rotatable bonds is 5. The number of hydrogen-bond acceptors (Lipinski definition) is 3. The molecule has 1 aromatic heterocycles. The summed E-state index contributed by atoms with van der Waals surface area (Å²) in [5.41, 5.74) is 0.285. The van der Waals surface area contributed by atoms with Gasteiger partial charge in [-0.1, -0.05) is 5.57 Å². The van der Waals surface area contributed by atoms with Crippen LogP contribution in [0.1, 0.15) is 42.9 Å². The number of ketones is 1. The van der Waals surface area contributed by atoms with Crippen LogP contribution in [0.2, 0.25) is 0 Å². The Bertz CT molecular complexity index is 663. The number of carbonyl (C=O) groups is 1. The molecule has 1 atom stereocenters. The minimum Gasteiger partial charge on any atom is -0.293 e. The summed E-state index contributed by atoms with van der Waals surface area (Å²) < 4.78 is 37.6. The fourth-order valence-corrected chi connectivity index (χ4v) is 2.67. The van der Waals surface area contributed by atoms with E-state index in [0.717, 1.165) is 43.4 Å². The zero-order chi connectivity index (χ0) is 16.6. The van der Waals surface area contributed by atoms with E-state index in [1.165, 1.54) is 0 Å². The number of carbonyl (C=O) groups excluding carboxylic acids is 1. The van der Waals surface area contributed by atoms with Crippen molar-refractivity contribution in [3.63, 3.8) is 0 Å². The van der Waals surface area contributed by atoms with Crippen molar-refractivity contribution < 1.29 is 18.0 Å². The Morgan fingerprint density at radius 2 is 1.87 bits per heavy atom. The van der Waals surface area contributed by atoms with Gasteiger partial charge in [0.25, 0.3) is 0 Å². The van der Waals surface area contributed by atoms with Gasteiger partial charge < -0.3 is 0 Å². The third-order valence-corrected chi connectivity index (χ3v) is 4.23. The van der Waals surface area contributed by atoms with Gasteiger partial charge in [-0.3, -0.25) is 9.78 Å². The summed E-state index contributed by atoms with van der Waals surface area (Å²) in [6, 6.07) is 3.82. The van der Waals surface area contributed by atoms with Crippen LogP contribution >= 0.6 is 0 Å². The number of allylic oxidation sites excluding steroid dienone is 2. The van der Waals surface area contributed by atoms with Gasteiger partial charge >= 0.3 is 6.18 Å². The van der Waals surface area contributed by atoms with E-state index in [0.29, 0.717) is 18.0 Å². The molecule has 0 spiro atoms. The third-order valence-electron chi connectivity index (χ3n) is 4.23. The first-order valence-corrected chi connectivity index (χ1v) is 7.58. The average Bonchev–Trinajstić information content (AvgIpc) is 3.38. The number of alkyl halides is 3. The van der Waals surface area contributed by atoms with Crippen LogP contribution in [0.25, 0.3) is 0 Å². The average molecular weight is 320 g/mol. The molecule has 6 heteroatoms. The summed E-state index contributed by atoms with van der Waals surface area (Å²) in [4.78, 5) is 16.0. The highest BCUT2D eigenvalue weighted by molar-refractivity contribution is 5.97. The number of nitriles is 1. The molecule has 0 amide bonds. The molecular formula is C17H15F3N2O. The summed E-state index contributed by atoms with van der Waals surface area (Å²) >= 11 is 0. The van der Waals surface area contributed by atoms with Crippen LogP contribution in [-0.4, -0.2) is 10.8 Å². The maximum absolute atomic E-state index is 12.5. The van der Waals surface area contributed by atoms with Crippen molar-refractivity contribution in [3.05, 3.63) is 41.2 Å². The zero-order valence-electron chi connectivity index (χ0n) is 12.3. The first kappa shape index (κ1) is 15.7. The lowest BCUT2D eigenvalue weighted by molar-refractivity contribution is -0.137. The van der Waals surface area contributed by atoms with Crippen LogP contribution in [-0.2, 0) is 11.0 Å². The van der Waals surface area contributed by atoms with E-state index < -0.39 is 17.7 Å². The van der Waals surface area contributed by atoms with Crippen LogP contribution in [0.4, 0.5) is 13.2 Å². The molecular weight excluding hydrogens is 305 g/mol. The normalized spacial score (nSPS) is 18.9. The molecule has 0 aliphatic heterocycles. The summed E-state index contributed by atoms with van der Waals surface area (Å²) in [6.07, 6.45) is 2.03. The number of nitrogens with zero attached hydrogens (tertiary/aromatic N) is 2. The van der Waals surface area contributed by atoms with Crippen LogP contribution in [0.5, 0.6) is 0 Å². The minimum absolute atomic E-state index is 0.0627. The molecule has 1 unspecified atom stereocenters. The highest BCUT2D eigenvalue weighted by atomic mass is 19.4. The van der Waals surface area contributed by atoms with E-state index in [1.807, 2.05) is 6.07 Å². The summed E-state index contributed by atoms with van der Waals surface area (Å²) in [7, 11) is 0. The maximum atomic E-state index is 12.5. The minimum atomic E-state index is -4.48. The largest absolute Gasteiger partial charge is 0.417 e. The Balaban J connectivity index is 1.80. The predicted octanol–water partition coefficient (Wildman–Crippen LogP) is 4.02. The van der Waals surface area contributed by atoms with Crippen molar-refractivity contribution >= 4 is 5.78 Å². The van der Waals surface area contributed by atoms with Gasteiger partial charge in [-0.2, -0.15) is 18.4 Å². The summed E-state index contributed by atoms with van der Waals surface area (Å²) in [6.45, 7) is 0. The quantitative estimate of drug-likeness (QED) is 0.770. The Morgan fingerprint density at radius 3 is 2.26 bits per heavy atom. The molecule has 2 saturated carbocycles. The number of aromatic nitrogens is 1. The molecule has 3 rings (SSSR count). The van der Waals surface area contributed by atoms with Crippen molar-refractivity contribution in [1.29, 1.82) is 5.26 Å². The molecule has 0 saturated heterocycles. The standard InChI is InChI=1S/C17H15F3N2O/c18-17(19,20)12-5-6-15(22-9-12)14(8-21)16(23)7-13(10-1-2-10)11-3-4-11/h5-7,9-11,14H,1-4H2.